The fraction of sp³-hybridized carbons (Fsp3) is 0.424. The summed E-state index contributed by atoms with van der Waals surface area (Å²) >= 11 is 0. The first-order valence-corrected chi connectivity index (χ1v) is 14.6. The summed E-state index contributed by atoms with van der Waals surface area (Å²) in [6, 6.07) is 12.7. The molecule has 1 heterocycles. The van der Waals surface area contributed by atoms with E-state index in [1.165, 1.54) is 30.0 Å². The lowest BCUT2D eigenvalue weighted by Crippen LogP contribution is -2.37. The molecule has 2 atom stereocenters. The van der Waals surface area contributed by atoms with Crippen LogP contribution in [0.4, 0.5) is 8.78 Å². The molecule has 2 amide bonds. The van der Waals surface area contributed by atoms with E-state index in [2.05, 4.69) is 36.3 Å². The van der Waals surface area contributed by atoms with Gasteiger partial charge in [-0.1, -0.05) is 52.0 Å². The van der Waals surface area contributed by atoms with Crippen LogP contribution in [0, 0.1) is 11.6 Å². The quantitative estimate of drug-likeness (QED) is 0.226. The number of hydrogen-bond acceptors (Lipinski definition) is 5. The molecule has 0 aliphatic rings. The normalized spacial score (nSPS) is 12.8. The highest BCUT2D eigenvalue weighted by Crippen LogP contribution is 2.29. The first-order valence-electron chi connectivity index (χ1n) is 14.6. The number of aromatic nitrogens is 1. The minimum atomic E-state index is -1.09. The lowest BCUT2D eigenvalue weighted by molar-refractivity contribution is 0.0750. The molecule has 3 aromatic rings. The Morgan fingerprint density at radius 1 is 1.00 bits per heavy atom. The number of primary amides is 1. The zero-order valence-electron chi connectivity index (χ0n) is 24.9. The third-order valence-corrected chi connectivity index (χ3v) is 7.20. The van der Waals surface area contributed by atoms with Crippen LogP contribution in [0.15, 0.2) is 54.7 Å². The third-order valence-electron chi connectivity index (χ3n) is 7.20. The van der Waals surface area contributed by atoms with Gasteiger partial charge in [0.2, 0.25) is 5.91 Å². The van der Waals surface area contributed by atoms with Crippen molar-refractivity contribution in [3.8, 4) is 0 Å². The van der Waals surface area contributed by atoms with Gasteiger partial charge in [-0.3, -0.25) is 14.6 Å². The van der Waals surface area contributed by atoms with Crippen LogP contribution in [0.3, 0.4) is 0 Å². The molecule has 0 unspecified atom stereocenters. The molecule has 226 valence electrons. The monoisotopic (exact) mass is 580 g/mol. The van der Waals surface area contributed by atoms with E-state index in [1.807, 2.05) is 26.0 Å². The number of nitrogens with one attached hydrogen (secondary N) is 1. The Balaban J connectivity index is 2.00. The smallest absolute Gasteiger partial charge is 0.255 e. The number of halogens is 2. The van der Waals surface area contributed by atoms with Gasteiger partial charge < -0.3 is 21.1 Å². The Hall–Kier alpha value is -3.69. The Bertz CT molecular complexity index is 1340. The van der Waals surface area contributed by atoms with Gasteiger partial charge in [-0.25, -0.2) is 8.78 Å². The number of aliphatic hydroxyl groups is 1. The second-order valence-electron chi connectivity index (χ2n) is 11.0. The van der Waals surface area contributed by atoms with E-state index in [4.69, 9.17) is 5.73 Å². The number of nitrogens with zero attached hydrogens (tertiary/aromatic N) is 2. The molecule has 0 bridgehead atoms. The van der Waals surface area contributed by atoms with Crippen molar-refractivity contribution >= 4 is 11.8 Å². The molecule has 0 fully saturated rings. The molecule has 9 heteroatoms. The summed E-state index contributed by atoms with van der Waals surface area (Å²) in [4.78, 5) is 32.0. The fourth-order valence-corrected chi connectivity index (χ4v) is 5.07. The van der Waals surface area contributed by atoms with E-state index >= 15 is 0 Å². The standard InChI is InChI=1S/C33H42F2N4O3/c1-5-10-39(11-6-2)33(42)29-16-25(32(36)41)19-38-31(29)28(15-23-13-26(34)17-27(35)14-23)30(40)20-37-18-22-8-7-9-24(12-22)21(3)4/h7-9,12-14,16-17,19,21,28,30,37,40H,5-6,10-11,15,18,20H2,1-4H3,(H2,36,41)/t28-,30+/m1/s1. The number of nitrogens with two attached hydrogens (primary N) is 1. The zero-order chi connectivity index (χ0) is 30.8. The first-order chi connectivity index (χ1) is 20.0. The largest absolute Gasteiger partial charge is 0.391 e. The molecule has 42 heavy (non-hydrogen) atoms. The van der Waals surface area contributed by atoms with Gasteiger partial charge in [-0.2, -0.15) is 0 Å². The lowest BCUT2D eigenvalue weighted by Gasteiger charge is -2.28. The molecule has 0 aliphatic heterocycles. The summed E-state index contributed by atoms with van der Waals surface area (Å²) in [5.41, 5.74) is 8.51. The average Bonchev–Trinajstić information content (AvgIpc) is 2.94. The van der Waals surface area contributed by atoms with Crippen molar-refractivity contribution in [2.24, 2.45) is 5.73 Å². The van der Waals surface area contributed by atoms with Gasteiger partial charge in [0.1, 0.15) is 11.6 Å². The lowest BCUT2D eigenvalue weighted by atomic mass is 9.87. The Morgan fingerprint density at radius 2 is 1.67 bits per heavy atom. The van der Waals surface area contributed by atoms with E-state index in [9.17, 15) is 23.5 Å². The summed E-state index contributed by atoms with van der Waals surface area (Å²) in [6.07, 6.45) is 1.63. The van der Waals surface area contributed by atoms with Gasteiger partial charge in [-0.15, -0.1) is 0 Å². The average molecular weight is 581 g/mol. The molecular weight excluding hydrogens is 538 g/mol. The van der Waals surface area contributed by atoms with Crippen molar-refractivity contribution in [3.63, 3.8) is 0 Å². The summed E-state index contributed by atoms with van der Waals surface area (Å²) in [6.45, 7) is 9.75. The van der Waals surface area contributed by atoms with Crippen molar-refractivity contribution in [1.82, 2.24) is 15.2 Å². The summed E-state index contributed by atoms with van der Waals surface area (Å²) in [5.74, 6) is -3.03. The van der Waals surface area contributed by atoms with Crippen LogP contribution in [0.1, 0.15) is 95.5 Å². The van der Waals surface area contributed by atoms with Crippen LogP contribution in [-0.4, -0.2) is 52.5 Å². The molecule has 7 nitrogen and oxygen atoms in total. The minimum Gasteiger partial charge on any atom is -0.391 e. The number of hydrogen-bond donors (Lipinski definition) is 3. The number of benzene rings is 2. The molecule has 0 saturated carbocycles. The van der Waals surface area contributed by atoms with E-state index in [-0.39, 0.29) is 35.7 Å². The van der Waals surface area contributed by atoms with E-state index in [1.54, 1.807) is 4.90 Å². The predicted molar refractivity (Wildman–Crippen MR) is 160 cm³/mol. The molecule has 0 radical (unpaired) electrons. The molecule has 0 aliphatic carbocycles. The molecule has 1 aromatic heterocycles. The van der Waals surface area contributed by atoms with Crippen LogP contribution in [0.2, 0.25) is 0 Å². The summed E-state index contributed by atoms with van der Waals surface area (Å²) in [7, 11) is 0. The van der Waals surface area contributed by atoms with Crippen molar-refractivity contribution in [2.75, 3.05) is 19.6 Å². The van der Waals surface area contributed by atoms with Crippen LogP contribution < -0.4 is 11.1 Å². The van der Waals surface area contributed by atoms with Crippen LogP contribution in [0.5, 0.6) is 0 Å². The highest BCUT2D eigenvalue weighted by Gasteiger charge is 2.30. The van der Waals surface area contributed by atoms with E-state index in [0.29, 0.717) is 31.1 Å². The maximum Gasteiger partial charge on any atom is 0.255 e. The van der Waals surface area contributed by atoms with Crippen molar-refractivity contribution in [1.29, 1.82) is 0 Å². The first kappa shape index (κ1) is 32.8. The van der Waals surface area contributed by atoms with Gasteiger partial charge in [0.15, 0.2) is 0 Å². The molecule has 0 saturated heterocycles. The van der Waals surface area contributed by atoms with Crippen molar-refractivity contribution in [2.45, 2.75) is 71.4 Å². The van der Waals surface area contributed by atoms with Crippen molar-refractivity contribution in [3.05, 3.63) is 99.9 Å². The molecule has 3 rings (SSSR count). The molecule has 0 spiro atoms. The Kier molecular flexibility index (Phi) is 12.1. The number of carbonyl (C=O) groups excluding carboxylic acids is 2. The van der Waals surface area contributed by atoms with Crippen LogP contribution >= 0.6 is 0 Å². The predicted octanol–water partition coefficient (Wildman–Crippen LogP) is 5.32. The van der Waals surface area contributed by atoms with Gasteiger partial charge in [-0.05, 0) is 60.1 Å². The van der Waals surface area contributed by atoms with Crippen molar-refractivity contribution < 1.29 is 23.5 Å². The number of amides is 2. The number of carbonyl (C=O) groups is 2. The van der Waals surface area contributed by atoms with E-state index < -0.39 is 29.6 Å². The summed E-state index contributed by atoms with van der Waals surface area (Å²) in [5, 5.41) is 14.8. The second kappa shape index (κ2) is 15.5. The maximum atomic E-state index is 14.1. The zero-order valence-corrected chi connectivity index (χ0v) is 24.9. The van der Waals surface area contributed by atoms with Gasteiger partial charge in [0, 0.05) is 44.4 Å². The SMILES string of the molecule is CCCN(CCC)C(=O)c1cc(C(N)=O)cnc1[C@H](Cc1cc(F)cc(F)c1)[C@@H](O)CNCc1cccc(C(C)C)c1. The minimum absolute atomic E-state index is 0.00507. The highest BCUT2D eigenvalue weighted by atomic mass is 19.1. The van der Waals surface area contributed by atoms with E-state index in [0.717, 1.165) is 24.5 Å². The maximum absolute atomic E-state index is 14.1. The Labute approximate surface area is 247 Å². The number of rotatable bonds is 15. The topological polar surface area (TPSA) is 109 Å². The number of aliphatic hydroxyl groups excluding tert-OH is 1. The second-order valence-corrected chi connectivity index (χ2v) is 11.0. The molecule has 2 aromatic carbocycles. The fourth-order valence-electron chi connectivity index (χ4n) is 5.07. The van der Waals surface area contributed by atoms with Crippen LogP contribution in [0.25, 0.3) is 0 Å². The third kappa shape index (κ3) is 8.90. The molecule has 4 N–H and O–H groups in total. The van der Waals surface area contributed by atoms with Gasteiger partial charge >= 0.3 is 0 Å². The highest BCUT2D eigenvalue weighted by molar-refractivity contribution is 5.99. The summed E-state index contributed by atoms with van der Waals surface area (Å²) < 4.78 is 28.3. The Morgan fingerprint density at radius 3 is 2.26 bits per heavy atom. The number of pyridine rings is 1. The van der Waals surface area contributed by atoms with Crippen LogP contribution in [-0.2, 0) is 13.0 Å². The molecular formula is C33H42F2N4O3. The van der Waals surface area contributed by atoms with Gasteiger partial charge in [0.25, 0.3) is 5.91 Å². The van der Waals surface area contributed by atoms with Gasteiger partial charge in [0.05, 0.1) is 22.9 Å².